The molecule has 1 fully saturated rings. The van der Waals surface area contributed by atoms with E-state index in [2.05, 4.69) is 9.62 Å². The molecule has 9 heteroatoms. The molecule has 0 aromatic carbocycles. The molecule has 0 amide bonds. The molecule has 0 atom stereocenters. The van der Waals surface area contributed by atoms with Crippen LogP contribution >= 0.6 is 0 Å². The van der Waals surface area contributed by atoms with Crippen LogP contribution in [-0.2, 0) is 19.7 Å². The third-order valence-corrected chi connectivity index (χ3v) is 2.91. The van der Waals surface area contributed by atoms with Crippen LogP contribution in [0.3, 0.4) is 0 Å². The first kappa shape index (κ1) is 13.2. The van der Waals surface area contributed by atoms with Gasteiger partial charge in [0.2, 0.25) is 0 Å². The Kier molecular flexibility index (Phi) is 4.47. The summed E-state index contributed by atoms with van der Waals surface area (Å²) in [5.41, 5.74) is 0. The van der Waals surface area contributed by atoms with Crippen LogP contribution in [0.25, 0.3) is 0 Å². The number of ether oxygens (including phenoxy) is 1. The molecule has 0 aromatic heterocycles. The molecule has 0 spiro atoms. The van der Waals surface area contributed by atoms with E-state index >= 15 is 0 Å². The van der Waals surface area contributed by atoms with E-state index < -0.39 is 28.3 Å². The molecule has 16 heavy (non-hydrogen) atoms. The molecule has 94 valence electrons. The van der Waals surface area contributed by atoms with Gasteiger partial charge in [-0.15, -0.1) is 0 Å². The van der Waals surface area contributed by atoms with Crippen molar-refractivity contribution in [3.05, 3.63) is 0 Å². The number of piperidine rings is 1. The van der Waals surface area contributed by atoms with Crippen molar-refractivity contribution < 1.29 is 32.6 Å². The fourth-order valence-corrected chi connectivity index (χ4v) is 2.26. The van der Waals surface area contributed by atoms with Gasteiger partial charge in [0, 0.05) is 13.1 Å². The smallest absolute Gasteiger partial charge is 0.429 e. The maximum absolute atomic E-state index is 10.6. The third kappa shape index (κ3) is 4.75. The highest BCUT2D eigenvalue weighted by atomic mass is 32.2. The summed E-state index contributed by atoms with van der Waals surface area (Å²) in [6.45, 7) is 0.756. The Hall–Kier alpha value is -0.900. The lowest BCUT2D eigenvalue weighted by molar-refractivity contribution is -0.206. The van der Waals surface area contributed by atoms with Crippen LogP contribution in [0.5, 0.6) is 0 Å². The van der Waals surface area contributed by atoms with E-state index in [1.165, 1.54) is 4.90 Å². The first-order chi connectivity index (χ1) is 7.40. The summed E-state index contributed by atoms with van der Waals surface area (Å²) >= 11 is 0. The van der Waals surface area contributed by atoms with Crippen LogP contribution in [0.15, 0.2) is 0 Å². The second-order valence-corrected chi connectivity index (χ2v) is 4.91. The zero-order valence-electron chi connectivity index (χ0n) is 8.40. The van der Waals surface area contributed by atoms with E-state index in [1.54, 1.807) is 0 Å². The molecular formula is C7H13NO7S. The molecule has 1 rings (SSSR count). The van der Waals surface area contributed by atoms with Gasteiger partial charge in [-0.05, 0) is 12.8 Å². The van der Waals surface area contributed by atoms with E-state index in [-0.39, 0.29) is 0 Å². The first-order valence-corrected chi connectivity index (χ1v) is 6.21. The monoisotopic (exact) mass is 255 g/mol. The molecule has 0 saturated carbocycles. The van der Waals surface area contributed by atoms with E-state index in [4.69, 9.17) is 9.81 Å². The van der Waals surface area contributed by atoms with Gasteiger partial charge in [-0.2, -0.15) is 13.7 Å². The Morgan fingerprint density at radius 3 is 2.38 bits per heavy atom. The van der Waals surface area contributed by atoms with E-state index in [0.717, 1.165) is 0 Å². The molecule has 0 unspecified atom stereocenters. The molecule has 1 aliphatic rings. The highest BCUT2D eigenvalue weighted by Crippen LogP contribution is 2.14. The van der Waals surface area contributed by atoms with Crippen LogP contribution in [0.2, 0.25) is 0 Å². The lowest BCUT2D eigenvalue weighted by atomic mass is 10.1. The average molecular weight is 255 g/mol. The van der Waals surface area contributed by atoms with Crippen LogP contribution in [0, 0.1) is 0 Å². The minimum atomic E-state index is -4.02. The van der Waals surface area contributed by atoms with Gasteiger partial charge in [-0.25, -0.2) is 4.79 Å². The lowest BCUT2D eigenvalue weighted by Crippen LogP contribution is -2.40. The summed E-state index contributed by atoms with van der Waals surface area (Å²) < 4.78 is 34.4. The number of likely N-dealkylation sites (tertiary alicyclic amines) is 1. The maximum Gasteiger partial charge on any atom is 0.540 e. The standard InChI is InChI=1S/C7H13NO7S/c9-7(15-10)14-6-1-3-8(4-2-6)5-16(11,12)13/h6,10H,1-5H2,(H,11,12,13). The van der Waals surface area contributed by atoms with Gasteiger partial charge in [0.15, 0.2) is 0 Å². The highest BCUT2D eigenvalue weighted by molar-refractivity contribution is 7.85. The zero-order chi connectivity index (χ0) is 12.2. The van der Waals surface area contributed by atoms with Crippen molar-refractivity contribution in [2.45, 2.75) is 18.9 Å². The van der Waals surface area contributed by atoms with Crippen LogP contribution < -0.4 is 0 Å². The Morgan fingerprint density at radius 2 is 1.94 bits per heavy atom. The summed E-state index contributed by atoms with van der Waals surface area (Å²) in [5, 5.41) is 7.97. The molecule has 0 bridgehead atoms. The molecule has 1 heterocycles. The number of hydrogen-bond acceptors (Lipinski definition) is 7. The second-order valence-electron chi connectivity index (χ2n) is 3.49. The molecular weight excluding hydrogens is 242 g/mol. The maximum atomic E-state index is 10.6. The van der Waals surface area contributed by atoms with Crippen molar-refractivity contribution in [1.82, 2.24) is 4.90 Å². The fourth-order valence-electron chi connectivity index (χ4n) is 1.54. The van der Waals surface area contributed by atoms with Gasteiger partial charge in [-0.1, -0.05) is 0 Å². The summed E-state index contributed by atoms with van der Waals surface area (Å²) in [7, 11) is -4.02. The van der Waals surface area contributed by atoms with Crippen molar-refractivity contribution in [3.8, 4) is 0 Å². The molecule has 1 saturated heterocycles. The largest absolute Gasteiger partial charge is 0.540 e. The van der Waals surface area contributed by atoms with Gasteiger partial charge in [0.05, 0.1) is 0 Å². The van der Waals surface area contributed by atoms with Crippen LogP contribution in [0.1, 0.15) is 12.8 Å². The fraction of sp³-hybridized carbons (Fsp3) is 0.857. The lowest BCUT2D eigenvalue weighted by Gasteiger charge is -2.29. The van der Waals surface area contributed by atoms with Gasteiger partial charge in [0.25, 0.3) is 10.1 Å². The normalized spacial score (nSPS) is 19.4. The Balaban J connectivity index is 2.31. The third-order valence-electron chi connectivity index (χ3n) is 2.22. The number of rotatable bonds is 3. The summed E-state index contributed by atoms with van der Waals surface area (Å²) in [4.78, 5) is 15.4. The number of hydrogen-bond donors (Lipinski definition) is 2. The minimum Gasteiger partial charge on any atom is -0.429 e. The Bertz CT molecular complexity index is 333. The van der Waals surface area contributed by atoms with Gasteiger partial charge in [0.1, 0.15) is 12.0 Å². The predicted molar refractivity (Wildman–Crippen MR) is 51.2 cm³/mol. The van der Waals surface area contributed by atoms with Gasteiger partial charge in [-0.3, -0.25) is 14.3 Å². The van der Waals surface area contributed by atoms with E-state index in [9.17, 15) is 13.2 Å². The molecule has 2 N–H and O–H groups in total. The Labute approximate surface area is 92.4 Å². The first-order valence-electron chi connectivity index (χ1n) is 4.60. The SMILES string of the molecule is O=C(OO)OC1CCN(CS(=O)(=O)O)CC1. The number of nitrogens with zero attached hydrogens (tertiary/aromatic N) is 1. The summed E-state index contributed by atoms with van der Waals surface area (Å²) in [5.74, 6) is -0.426. The zero-order valence-corrected chi connectivity index (χ0v) is 9.22. The molecule has 0 radical (unpaired) electrons. The minimum absolute atomic E-state index is 0.378. The second kappa shape index (κ2) is 5.43. The average Bonchev–Trinajstić information content (AvgIpc) is 2.18. The van der Waals surface area contributed by atoms with Crippen molar-refractivity contribution in [2.24, 2.45) is 0 Å². The summed E-state index contributed by atoms with van der Waals surface area (Å²) in [6, 6.07) is 0. The topological polar surface area (TPSA) is 113 Å². The molecule has 0 aliphatic carbocycles. The van der Waals surface area contributed by atoms with Gasteiger partial charge < -0.3 is 4.74 Å². The van der Waals surface area contributed by atoms with Crippen molar-refractivity contribution >= 4 is 16.3 Å². The number of carbonyl (C=O) groups is 1. The van der Waals surface area contributed by atoms with Crippen molar-refractivity contribution in [3.63, 3.8) is 0 Å². The predicted octanol–water partition coefficient (Wildman–Crippen LogP) is -0.0777. The van der Waals surface area contributed by atoms with E-state index in [0.29, 0.717) is 25.9 Å². The van der Waals surface area contributed by atoms with Crippen LogP contribution in [-0.4, -0.2) is 54.4 Å². The van der Waals surface area contributed by atoms with Crippen molar-refractivity contribution in [2.75, 3.05) is 19.0 Å². The Morgan fingerprint density at radius 1 is 1.38 bits per heavy atom. The summed E-state index contributed by atoms with van der Waals surface area (Å²) in [6.07, 6.45) is -0.736. The quantitative estimate of drug-likeness (QED) is 0.311. The van der Waals surface area contributed by atoms with Crippen molar-refractivity contribution in [1.29, 1.82) is 0 Å². The molecule has 1 aliphatic heterocycles. The molecule has 0 aromatic rings. The highest BCUT2D eigenvalue weighted by Gasteiger charge is 2.25. The van der Waals surface area contributed by atoms with E-state index in [1.807, 2.05) is 0 Å². The number of carbonyl (C=O) groups excluding carboxylic acids is 1. The van der Waals surface area contributed by atoms with Crippen LogP contribution in [0.4, 0.5) is 4.79 Å². The molecule has 8 nitrogen and oxygen atoms in total. The van der Waals surface area contributed by atoms with Gasteiger partial charge >= 0.3 is 6.16 Å².